The van der Waals surface area contributed by atoms with E-state index in [0.717, 1.165) is 12.0 Å². The van der Waals surface area contributed by atoms with Gasteiger partial charge in [-0.1, -0.05) is 44.1 Å². The first-order valence-corrected chi connectivity index (χ1v) is 11.0. The smallest absolute Gasteiger partial charge is 0.235 e. The van der Waals surface area contributed by atoms with Crippen LogP contribution in [0.4, 0.5) is 0 Å². The minimum atomic E-state index is -1.16. The van der Waals surface area contributed by atoms with Crippen LogP contribution < -0.4 is 5.32 Å². The molecule has 0 bridgehead atoms. The molecule has 2 aliphatic carbocycles. The van der Waals surface area contributed by atoms with Gasteiger partial charge in [0.05, 0.1) is 0 Å². The third-order valence-electron chi connectivity index (χ3n) is 7.31. The van der Waals surface area contributed by atoms with Gasteiger partial charge < -0.3 is 10.4 Å². The predicted octanol–water partition coefficient (Wildman–Crippen LogP) is 3.37. The number of hydrogen-bond acceptors (Lipinski definition) is 4. The summed E-state index contributed by atoms with van der Waals surface area (Å²) in [6, 6.07) is -0.0484. The molecule has 6 atom stereocenters. The minimum Gasteiger partial charge on any atom is -0.385 e. The highest BCUT2D eigenvalue weighted by Gasteiger charge is 2.65. The van der Waals surface area contributed by atoms with E-state index in [1.807, 2.05) is 13.0 Å². The van der Waals surface area contributed by atoms with Crippen LogP contribution in [-0.2, 0) is 14.4 Å². The standard InChI is InChI=1S/C24H35NO4/c1-13(2)10-18-22-16(5)15(4)12-17-11-14(3)6-7-19(26)20(27)8-9-21(28)24(17,22)23(29)25-18/h11-13,16-19,22,26H,6-10H2,1-5H3,(H,25,29)/t16-,17+,18+,19-,22+,24-/m1/s1. The van der Waals surface area contributed by atoms with Crippen LogP contribution in [0.2, 0.25) is 0 Å². The highest BCUT2D eigenvalue weighted by molar-refractivity contribution is 6.10. The largest absolute Gasteiger partial charge is 0.385 e. The lowest BCUT2D eigenvalue weighted by Crippen LogP contribution is -2.52. The van der Waals surface area contributed by atoms with E-state index in [-0.39, 0.29) is 54.1 Å². The van der Waals surface area contributed by atoms with E-state index in [1.54, 1.807) is 0 Å². The van der Waals surface area contributed by atoms with Crippen LogP contribution in [0.15, 0.2) is 23.3 Å². The highest BCUT2D eigenvalue weighted by Crippen LogP contribution is 2.55. The van der Waals surface area contributed by atoms with Crippen molar-refractivity contribution >= 4 is 17.5 Å². The lowest BCUT2D eigenvalue weighted by atomic mass is 9.54. The van der Waals surface area contributed by atoms with E-state index in [1.165, 1.54) is 5.57 Å². The number of amides is 1. The van der Waals surface area contributed by atoms with Crippen molar-refractivity contribution in [1.29, 1.82) is 0 Å². The monoisotopic (exact) mass is 401 g/mol. The van der Waals surface area contributed by atoms with Gasteiger partial charge in [-0.25, -0.2) is 0 Å². The van der Waals surface area contributed by atoms with Crippen molar-refractivity contribution in [2.24, 2.45) is 29.1 Å². The zero-order chi connectivity index (χ0) is 21.5. The molecule has 0 aromatic heterocycles. The molecule has 0 saturated carbocycles. The molecular weight excluding hydrogens is 366 g/mol. The van der Waals surface area contributed by atoms with Crippen molar-refractivity contribution in [1.82, 2.24) is 5.32 Å². The third kappa shape index (κ3) is 3.74. The van der Waals surface area contributed by atoms with Gasteiger partial charge >= 0.3 is 0 Å². The molecule has 3 aliphatic rings. The van der Waals surface area contributed by atoms with E-state index in [4.69, 9.17) is 0 Å². The van der Waals surface area contributed by atoms with Crippen molar-refractivity contribution in [2.45, 2.75) is 78.9 Å². The summed E-state index contributed by atoms with van der Waals surface area (Å²) in [5.74, 6) is -0.556. The van der Waals surface area contributed by atoms with E-state index in [2.05, 4.69) is 39.1 Å². The van der Waals surface area contributed by atoms with Gasteiger partial charge in [0, 0.05) is 30.7 Å². The van der Waals surface area contributed by atoms with Crippen LogP contribution in [0, 0.1) is 29.1 Å². The molecular formula is C24H35NO4. The molecule has 0 unspecified atom stereocenters. The Kier molecular flexibility index (Phi) is 6.19. The Hall–Kier alpha value is -1.75. The number of hydrogen-bond donors (Lipinski definition) is 2. The molecule has 0 aromatic carbocycles. The summed E-state index contributed by atoms with van der Waals surface area (Å²) in [6.45, 7) is 10.4. The van der Waals surface area contributed by atoms with E-state index in [0.29, 0.717) is 18.8 Å². The second-order valence-corrected chi connectivity index (χ2v) is 9.79. The topological polar surface area (TPSA) is 83.5 Å². The molecule has 1 amide bonds. The average molecular weight is 402 g/mol. The quantitative estimate of drug-likeness (QED) is 0.549. The van der Waals surface area contributed by atoms with Crippen LogP contribution in [0.1, 0.15) is 66.7 Å². The maximum Gasteiger partial charge on any atom is 0.235 e. The van der Waals surface area contributed by atoms with Crippen molar-refractivity contribution in [3.05, 3.63) is 23.3 Å². The summed E-state index contributed by atoms with van der Waals surface area (Å²) in [5.41, 5.74) is 1.06. The molecule has 3 rings (SSSR count). The molecule has 5 heteroatoms. The summed E-state index contributed by atoms with van der Waals surface area (Å²) in [6.07, 6.45) is 4.88. The van der Waals surface area contributed by atoms with E-state index in [9.17, 15) is 19.5 Å². The number of Topliss-reactive ketones (excluding diaryl/α,β-unsaturated/α-hetero) is 2. The summed E-state index contributed by atoms with van der Waals surface area (Å²) in [4.78, 5) is 39.5. The molecule has 5 nitrogen and oxygen atoms in total. The van der Waals surface area contributed by atoms with Crippen LogP contribution in [0.3, 0.4) is 0 Å². The molecule has 1 spiro atoms. The molecule has 29 heavy (non-hydrogen) atoms. The number of rotatable bonds is 2. The number of aliphatic hydroxyl groups is 1. The molecule has 0 aromatic rings. The molecule has 160 valence electrons. The van der Waals surface area contributed by atoms with Crippen LogP contribution >= 0.6 is 0 Å². The number of carbonyl (C=O) groups is 3. The van der Waals surface area contributed by atoms with Crippen LogP contribution in [0.25, 0.3) is 0 Å². The van der Waals surface area contributed by atoms with Crippen LogP contribution in [0.5, 0.6) is 0 Å². The highest BCUT2D eigenvalue weighted by atomic mass is 16.3. The zero-order valence-electron chi connectivity index (χ0n) is 18.3. The Labute approximate surface area is 174 Å². The van der Waals surface area contributed by atoms with Gasteiger partial charge in [0.25, 0.3) is 0 Å². The number of aliphatic hydroxyl groups excluding tert-OH is 1. The molecule has 1 saturated heterocycles. The van der Waals surface area contributed by atoms with Crippen molar-refractivity contribution in [3.8, 4) is 0 Å². The maximum absolute atomic E-state index is 13.7. The molecule has 1 fully saturated rings. The van der Waals surface area contributed by atoms with Gasteiger partial charge in [-0.3, -0.25) is 14.4 Å². The Balaban J connectivity index is 2.16. The maximum atomic E-state index is 13.7. The van der Waals surface area contributed by atoms with E-state index < -0.39 is 11.5 Å². The molecule has 2 N–H and O–H groups in total. The fourth-order valence-electron chi connectivity index (χ4n) is 5.73. The number of nitrogens with one attached hydrogen (secondary N) is 1. The summed E-state index contributed by atoms with van der Waals surface area (Å²) >= 11 is 0. The van der Waals surface area contributed by atoms with Crippen LogP contribution in [-0.4, -0.2) is 34.7 Å². The minimum absolute atomic E-state index is 0.000553. The Morgan fingerprint density at radius 2 is 1.83 bits per heavy atom. The van der Waals surface area contributed by atoms with Gasteiger partial charge in [-0.2, -0.15) is 0 Å². The fourth-order valence-corrected chi connectivity index (χ4v) is 5.73. The second-order valence-electron chi connectivity index (χ2n) is 9.79. The number of ketones is 2. The Bertz CT molecular complexity index is 765. The van der Waals surface area contributed by atoms with Gasteiger partial charge in [0.1, 0.15) is 17.3 Å². The van der Waals surface area contributed by atoms with Gasteiger partial charge in [-0.15, -0.1) is 0 Å². The molecule has 0 radical (unpaired) electrons. The Morgan fingerprint density at radius 3 is 2.48 bits per heavy atom. The average Bonchev–Trinajstić information content (AvgIpc) is 2.93. The van der Waals surface area contributed by atoms with Gasteiger partial charge in [0.15, 0.2) is 5.78 Å². The lowest BCUT2D eigenvalue weighted by Gasteiger charge is -2.45. The first-order chi connectivity index (χ1) is 13.6. The normalized spacial score (nSPS) is 38.6. The first kappa shape index (κ1) is 21.9. The van der Waals surface area contributed by atoms with E-state index >= 15 is 0 Å². The second kappa shape index (κ2) is 8.17. The number of carbonyl (C=O) groups excluding carboxylic acids is 3. The first-order valence-electron chi connectivity index (χ1n) is 11.0. The lowest BCUT2D eigenvalue weighted by molar-refractivity contribution is -0.146. The predicted molar refractivity (Wildman–Crippen MR) is 112 cm³/mol. The van der Waals surface area contributed by atoms with Crippen molar-refractivity contribution in [2.75, 3.05) is 0 Å². The number of allylic oxidation sites excluding steroid dienone is 4. The third-order valence-corrected chi connectivity index (χ3v) is 7.31. The van der Waals surface area contributed by atoms with Crippen molar-refractivity contribution < 1.29 is 19.5 Å². The van der Waals surface area contributed by atoms with Gasteiger partial charge in [0.2, 0.25) is 5.91 Å². The Morgan fingerprint density at radius 1 is 1.14 bits per heavy atom. The zero-order valence-corrected chi connectivity index (χ0v) is 18.3. The van der Waals surface area contributed by atoms with Gasteiger partial charge in [-0.05, 0) is 44.9 Å². The fraction of sp³-hybridized carbons (Fsp3) is 0.708. The van der Waals surface area contributed by atoms with Crippen molar-refractivity contribution in [3.63, 3.8) is 0 Å². The SMILES string of the molecule is CC1=C[C@H]2C=C(C)[C@@H](C)[C@H]3[C@H](CC(C)C)NC(=O)[C@@]23C(=O)CCC(=O)[C@H](O)CC1. The summed E-state index contributed by atoms with van der Waals surface area (Å²) in [7, 11) is 0. The molecule has 1 heterocycles. The summed E-state index contributed by atoms with van der Waals surface area (Å²) < 4.78 is 0. The molecule has 1 aliphatic heterocycles. The summed E-state index contributed by atoms with van der Waals surface area (Å²) in [5, 5.41) is 13.3.